The van der Waals surface area contributed by atoms with Crippen molar-refractivity contribution in [3.05, 3.63) is 0 Å². The molecule has 54 valence electrons. The van der Waals surface area contributed by atoms with Gasteiger partial charge in [-0.3, -0.25) is 0 Å². The molecule has 0 spiro atoms. The molecule has 1 rings (SSSR count). The van der Waals surface area contributed by atoms with Gasteiger partial charge in [-0.05, 0) is 12.3 Å². The Morgan fingerprint density at radius 1 is 1.56 bits per heavy atom. The second kappa shape index (κ2) is 2.51. The van der Waals surface area contributed by atoms with Crippen LogP contribution in [0, 0.1) is 5.41 Å². The van der Waals surface area contributed by atoms with Gasteiger partial charge >= 0.3 is 0 Å². The maximum atomic E-state index is 5.46. The largest absolute Gasteiger partial charge is 0.367 e. The zero-order chi connectivity index (χ0) is 6.91. The molecular weight excluding hydrogens is 132 g/mol. The number of rotatable bonds is 0. The van der Waals surface area contributed by atoms with E-state index in [0.29, 0.717) is 10.9 Å². The molecule has 1 atom stereocenters. The minimum atomic E-state index is 0.400. The Hall–Kier alpha value is 0.310. The van der Waals surface area contributed by atoms with Crippen LogP contribution in [0.4, 0.5) is 0 Å². The molecule has 0 amide bonds. The predicted molar refractivity (Wildman–Crippen MR) is 41.7 cm³/mol. The first-order valence-electron chi connectivity index (χ1n) is 3.33. The Kier molecular flexibility index (Phi) is 2.07. The summed E-state index contributed by atoms with van der Waals surface area (Å²) in [4.78, 5) is 0. The summed E-state index contributed by atoms with van der Waals surface area (Å²) < 4.78 is 5.46. The Balaban J connectivity index is 2.35. The maximum absolute atomic E-state index is 5.46. The van der Waals surface area contributed by atoms with E-state index in [1.165, 1.54) is 5.75 Å². The number of hydrogen-bond donors (Lipinski definition) is 0. The monoisotopic (exact) mass is 146 g/mol. The summed E-state index contributed by atoms with van der Waals surface area (Å²) in [6, 6.07) is 0. The number of thioether (sulfide) groups is 1. The van der Waals surface area contributed by atoms with Crippen molar-refractivity contribution in [3.8, 4) is 0 Å². The molecule has 0 aromatic rings. The minimum Gasteiger partial charge on any atom is -0.367 e. The summed E-state index contributed by atoms with van der Waals surface area (Å²) in [5.41, 5.74) is 0.815. The van der Waals surface area contributed by atoms with Gasteiger partial charge in [-0.15, -0.1) is 11.8 Å². The van der Waals surface area contributed by atoms with Gasteiger partial charge < -0.3 is 4.74 Å². The van der Waals surface area contributed by atoms with Crippen molar-refractivity contribution in [2.24, 2.45) is 5.41 Å². The molecule has 9 heavy (non-hydrogen) atoms. The van der Waals surface area contributed by atoms with Crippen LogP contribution in [0.25, 0.3) is 0 Å². The fraction of sp³-hybridized carbons (Fsp3) is 1.00. The summed E-state index contributed by atoms with van der Waals surface area (Å²) >= 11 is 1.90. The quantitative estimate of drug-likeness (QED) is 0.517. The van der Waals surface area contributed by atoms with Gasteiger partial charge in [0.2, 0.25) is 0 Å². The lowest BCUT2D eigenvalue weighted by molar-refractivity contribution is 0.0529. The van der Waals surface area contributed by atoms with Crippen molar-refractivity contribution in [1.29, 1.82) is 0 Å². The molecule has 0 aliphatic carbocycles. The highest BCUT2D eigenvalue weighted by molar-refractivity contribution is 7.99. The van der Waals surface area contributed by atoms with Crippen molar-refractivity contribution in [2.45, 2.75) is 26.2 Å². The van der Waals surface area contributed by atoms with Crippen LogP contribution in [0.3, 0.4) is 0 Å². The molecule has 1 heterocycles. The van der Waals surface area contributed by atoms with E-state index in [0.717, 1.165) is 6.61 Å². The maximum Gasteiger partial charge on any atom is 0.0999 e. The Labute approximate surface area is 61.2 Å². The second-order valence-electron chi connectivity index (χ2n) is 3.35. The lowest BCUT2D eigenvalue weighted by Crippen LogP contribution is -2.30. The highest BCUT2D eigenvalue weighted by Crippen LogP contribution is 2.31. The molecule has 1 unspecified atom stereocenters. The molecule has 0 bridgehead atoms. The smallest absolute Gasteiger partial charge is 0.0999 e. The van der Waals surface area contributed by atoms with E-state index in [4.69, 9.17) is 4.74 Å². The summed E-state index contributed by atoms with van der Waals surface area (Å²) in [6.45, 7) is 7.51. The van der Waals surface area contributed by atoms with E-state index in [1.807, 2.05) is 11.8 Å². The topological polar surface area (TPSA) is 9.23 Å². The average Bonchev–Trinajstić information content (AvgIpc) is 1.78. The molecule has 1 saturated heterocycles. The molecule has 1 nitrogen and oxygen atoms in total. The summed E-state index contributed by atoms with van der Waals surface area (Å²) in [7, 11) is 0. The normalized spacial score (nSPS) is 34.3. The van der Waals surface area contributed by atoms with Crippen LogP contribution in [0.2, 0.25) is 0 Å². The second-order valence-corrected chi connectivity index (χ2v) is 4.64. The zero-order valence-corrected chi connectivity index (χ0v) is 7.12. The first kappa shape index (κ1) is 7.42. The van der Waals surface area contributed by atoms with Crippen LogP contribution in [-0.2, 0) is 4.74 Å². The van der Waals surface area contributed by atoms with Crippen molar-refractivity contribution in [1.82, 2.24) is 0 Å². The standard InChI is InChI=1S/C7H14OS/c1-6-8-4-7(2,3)5-9-6/h6H,4-5H2,1-3H3. The van der Waals surface area contributed by atoms with Crippen LogP contribution in [0.1, 0.15) is 20.8 Å². The third-order valence-corrected chi connectivity index (χ3v) is 2.97. The molecule has 0 aromatic carbocycles. The van der Waals surface area contributed by atoms with Crippen molar-refractivity contribution in [2.75, 3.05) is 12.4 Å². The third kappa shape index (κ3) is 2.18. The van der Waals surface area contributed by atoms with Crippen LogP contribution in [0.5, 0.6) is 0 Å². The average molecular weight is 146 g/mol. The highest BCUT2D eigenvalue weighted by Gasteiger charge is 2.25. The van der Waals surface area contributed by atoms with Gasteiger partial charge in [-0.2, -0.15) is 0 Å². The molecule has 0 aromatic heterocycles. The predicted octanol–water partition coefficient (Wildman–Crippen LogP) is 2.12. The van der Waals surface area contributed by atoms with Crippen molar-refractivity contribution < 1.29 is 4.74 Å². The number of hydrogen-bond acceptors (Lipinski definition) is 2. The highest BCUT2D eigenvalue weighted by atomic mass is 32.2. The molecule has 1 fully saturated rings. The molecule has 1 aliphatic heterocycles. The fourth-order valence-electron chi connectivity index (χ4n) is 0.776. The molecular formula is C7H14OS. The van der Waals surface area contributed by atoms with Crippen molar-refractivity contribution in [3.63, 3.8) is 0 Å². The van der Waals surface area contributed by atoms with Crippen molar-refractivity contribution >= 4 is 11.8 Å². The van der Waals surface area contributed by atoms with Gasteiger partial charge in [0, 0.05) is 5.75 Å². The Bertz CT molecular complexity index is 91.1. The SMILES string of the molecule is CC1OCC(C)(C)CS1. The van der Waals surface area contributed by atoms with Gasteiger partial charge in [0.05, 0.1) is 12.0 Å². The summed E-state index contributed by atoms with van der Waals surface area (Å²) in [6.07, 6.45) is 0. The molecule has 0 saturated carbocycles. The van der Waals surface area contributed by atoms with Crippen LogP contribution >= 0.6 is 11.8 Å². The molecule has 2 heteroatoms. The van der Waals surface area contributed by atoms with Gasteiger partial charge in [-0.1, -0.05) is 13.8 Å². The van der Waals surface area contributed by atoms with E-state index in [1.54, 1.807) is 0 Å². The minimum absolute atomic E-state index is 0.400. The van der Waals surface area contributed by atoms with Gasteiger partial charge in [0.15, 0.2) is 0 Å². The first-order chi connectivity index (χ1) is 4.10. The number of ether oxygens (including phenoxy) is 1. The Morgan fingerprint density at radius 2 is 2.22 bits per heavy atom. The van der Waals surface area contributed by atoms with Crippen LogP contribution in [-0.4, -0.2) is 17.8 Å². The van der Waals surface area contributed by atoms with E-state index in [9.17, 15) is 0 Å². The van der Waals surface area contributed by atoms with Crippen LogP contribution < -0.4 is 0 Å². The summed E-state index contributed by atoms with van der Waals surface area (Å²) in [5, 5.41) is 0. The lowest BCUT2D eigenvalue weighted by Gasteiger charge is -2.32. The molecule has 0 radical (unpaired) electrons. The molecule has 0 N–H and O–H groups in total. The zero-order valence-electron chi connectivity index (χ0n) is 6.31. The third-order valence-electron chi connectivity index (χ3n) is 1.42. The van der Waals surface area contributed by atoms with Gasteiger partial charge in [0.25, 0.3) is 0 Å². The van der Waals surface area contributed by atoms with E-state index in [-0.39, 0.29) is 0 Å². The first-order valence-corrected chi connectivity index (χ1v) is 4.38. The molecule has 1 aliphatic rings. The lowest BCUT2D eigenvalue weighted by atomic mass is 9.98. The van der Waals surface area contributed by atoms with E-state index in [2.05, 4.69) is 20.8 Å². The van der Waals surface area contributed by atoms with Gasteiger partial charge in [-0.25, -0.2) is 0 Å². The van der Waals surface area contributed by atoms with E-state index >= 15 is 0 Å². The van der Waals surface area contributed by atoms with Gasteiger partial charge in [0.1, 0.15) is 0 Å². The van der Waals surface area contributed by atoms with Crippen LogP contribution in [0.15, 0.2) is 0 Å². The fourth-order valence-corrected chi connectivity index (χ4v) is 1.71. The Morgan fingerprint density at radius 3 is 2.56 bits per heavy atom. The summed E-state index contributed by atoms with van der Waals surface area (Å²) in [5.74, 6) is 1.23. The van der Waals surface area contributed by atoms with E-state index < -0.39 is 0 Å².